The summed E-state index contributed by atoms with van der Waals surface area (Å²) in [7, 11) is 1.45. The number of carbonyl (C=O) groups excluding carboxylic acids is 2. The van der Waals surface area contributed by atoms with Crippen LogP contribution in [-0.2, 0) is 9.59 Å². The van der Waals surface area contributed by atoms with E-state index in [2.05, 4.69) is 11.2 Å². The molecule has 0 aliphatic carbocycles. The van der Waals surface area contributed by atoms with Gasteiger partial charge in [0.05, 0.1) is 12.8 Å². The number of benzene rings is 1. The third kappa shape index (κ3) is 3.30. The van der Waals surface area contributed by atoms with Crippen LogP contribution in [0.1, 0.15) is 12.0 Å². The van der Waals surface area contributed by atoms with Crippen molar-refractivity contribution >= 4 is 23.6 Å². The van der Waals surface area contributed by atoms with Crippen LogP contribution in [0, 0.1) is 11.8 Å². The standard InChI is InChI=1S/C14H12N2O5/c1-21-11-4-2-9(3-5-13(18)19)8-10(11)16-7-6-12(17)15-14(16)20/h2,4,8H,6-7H2,1H3,(H,18,19)(H,15,17,20). The van der Waals surface area contributed by atoms with E-state index in [1.807, 2.05) is 5.92 Å². The second kappa shape index (κ2) is 5.96. The number of nitrogens with zero attached hydrogens (tertiary/aromatic N) is 1. The van der Waals surface area contributed by atoms with Crippen LogP contribution in [0.4, 0.5) is 10.5 Å². The Labute approximate surface area is 120 Å². The van der Waals surface area contributed by atoms with E-state index in [1.54, 1.807) is 18.2 Å². The van der Waals surface area contributed by atoms with Crippen LogP contribution in [0.5, 0.6) is 5.75 Å². The molecule has 0 radical (unpaired) electrons. The zero-order valence-corrected chi connectivity index (χ0v) is 11.2. The monoisotopic (exact) mass is 288 g/mol. The molecular formula is C14H12N2O5. The summed E-state index contributed by atoms with van der Waals surface area (Å²) in [5, 5.41) is 10.8. The minimum Gasteiger partial charge on any atom is -0.495 e. The van der Waals surface area contributed by atoms with Gasteiger partial charge in [-0.1, -0.05) is 5.92 Å². The Bertz CT molecular complexity index is 672. The van der Waals surface area contributed by atoms with E-state index in [-0.39, 0.29) is 18.9 Å². The van der Waals surface area contributed by atoms with Gasteiger partial charge in [0.1, 0.15) is 5.75 Å². The fourth-order valence-corrected chi connectivity index (χ4v) is 1.90. The zero-order chi connectivity index (χ0) is 15.4. The second-order valence-corrected chi connectivity index (χ2v) is 4.20. The zero-order valence-electron chi connectivity index (χ0n) is 11.2. The van der Waals surface area contributed by atoms with Crippen molar-refractivity contribution in [2.45, 2.75) is 6.42 Å². The highest BCUT2D eigenvalue weighted by molar-refractivity contribution is 6.06. The van der Waals surface area contributed by atoms with Crippen LogP contribution in [0.15, 0.2) is 18.2 Å². The molecule has 0 bridgehead atoms. The van der Waals surface area contributed by atoms with Gasteiger partial charge in [0.15, 0.2) is 0 Å². The largest absolute Gasteiger partial charge is 0.495 e. The van der Waals surface area contributed by atoms with Crippen molar-refractivity contribution in [1.82, 2.24) is 5.32 Å². The lowest BCUT2D eigenvalue weighted by Gasteiger charge is -2.27. The molecule has 1 aliphatic rings. The highest BCUT2D eigenvalue weighted by Gasteiger charge is 2.26. The Morgan fingerprint density at radius 2 is 2.19 bits per heavy atom. The quantitative estimate of drug-likeness (QED) is 0.776. The molecule has 1 saturated heterocycles. The van der Waals surface area contributed by atoms with Crippen LogP contribution < -0.4 is 15.0 Å². The summed E-state index contributed by atoms with van der Waals surface area (Å²) in [6.07, 6.45) is 0.180. The number of imide groups is 1. The molecule has 0 atom stereocenters. The van der Waals surface area contributed by atoms with E-state index in [1.165, 1.54) is 12.0 Å². The summed E-state index contributed by atoms with van der Waals surface area (Å²) in [6.45, 7) is 0.219. The Morgan fingerprint density at radius 1 is 1.43 bits per heavy atom. The number of anilines is 1. The van der Waals surface area contributed by atoms with Gasteiger partial charge in [0.25, 0.3) is 0 Å². The molecule has 2 rings (SSSR count). The number of methoxy groups -OCH3 is 1. The molecule has 7 heteroatoms. The topological polar surface area (TPSA) is 95.9 Å². The van der Waals surface area contributed by atoms with Gasteiger partial charge in [-0.3, -0.25) is 15.0 Å². The number of urea groups is 1. The van der Waals surface area contributed by atoms with Crippen molar-refractivity contribution in [3.8, 4) is 17.6 Å². The molecule has 0 saturated carbocycles. The maximum atomic E-state index is 11.9. The third-order valence-corrected chi connectivity index (χ3v) is 2.84. The van der Waals surface area contributed by atoms with Crippen molar-refractivity contribution < 1.29 is 24.2 Å². The minimum atomic E-state index is -1.24. The number of rotatable bonds is 2. The van der Waals surface area contributed by atoms with E-state index >= 15 is 0 Å². The fourth-order valence-electron chi connectivity index (χ4n) is 1.90. The lowest BCUT2D eigenvalue weighted by molar-refractivity contribution is -0.130. The van der Waals surface area contributed by atoms with Crippen LogP contribution in [0.2, 0.25) is 0 Å². The minimum absolute atomic E-state index is 0.180. The predicted octanol–water partition coefficient (Wildman–Crippen LogP) is 0.578. The van der Waals surface area contributed by atoms with Gasteiger partial charge in [-0.2, -0.15) is 0 Å². The van der Waals surface area contributed by atoms with Gasteiger partial charge in [-0.25, -0.2) is 9.59 Å². The Kier molecular flexibility index (Phi) is 4.09. The lowest BCUT2D eigenvalue weighted by Crippen LogP contribution is -2.49. The molecule has 1 aromatic rings. The van der Waals surface area contributed by atoms with Crippen molar-refractivity contribution in [1.29, 1.82) is 0 Å². The first-order valence-corrected chi connectivity index (χ1v) is 6.05. The average molecular weight is 288 g/mol. The number of amides is 3. The molecule has 0 unspecified atom stereocenters. The smallest absolute Gasteiger partial charge is 0.382 e. The van der Waals surface area contributed by atoms with Gasteiger partial charge >= 0.3 is 12.0 Å². The van der Waals surface area contributed by atoms with Crippen LogP contribution in [-0.4, -0.2) is 36.7 Å². The summed E-state index contributed by atoms with van der Waals surface area (Å²) in [6, 6.07) is 4.17. The summed E-state index contributed by atoms with van der Waals surface area (Å²) in [5.74, 6) is 3.32. The second-order valence-electron chi connectivity index (χ2n) is 4.20. The molecular weight excluding hydrogens is 276 g/mol. The molecule has 1 aromatic carbocycles. The molecule has 2 N–H and O–H groups in total. The van der Waals surface area contributed by atoms with Crippen molar-refractivity contribution in [3.05, 3.63) is 23.8 Å². The molecule has 1 fully saturated rings. The van der Waals surface area contributed by atoms with Gasteiger partial charge in [0, 0.05) is 24.4 Å². The Balaban J connectivity index is 2.39. The highest BCUT2D eigenvalue weighted by atomic mass is 16.5. The van der Waals surface area contributed by atoms with Crippen LogP contribution >= 0.6 is 0 Å². The van der Waals surface area contributed by atoms with Crippen molar-refractivity contribution in [2.24, 2.45) is 0 Å². The SMILES string of the molecule is COc1ccc(C#CC(=O)O)cc1N1CCC(=O)NC1=O. The molecule has 0 spiro atoms. The number of hydrogen-bond acceptors (Lipinski definition) is 4. The normalized spacial score (nSPS) is 14.0. The highest BCUT2D eigenvalue weighted by Crippen LogP contribution is 2.30. The number of carboxylic acid groups (broad SMARTS) is 1. The molecule has 21 heavy (non-hydrogen) atoms. The van der Waals surface area contributed by atoms with Gasteiger partial charge in [-0.15, -0.1) is 0 Å². The van der Waals surface area contributed by atoms with E-state index in [0.29, 0.717) is 17.0 Å². The van der Waals surface area contributed by atoms with Gasteiger partial charge in [-0.05, 0) is 18.2 Å². The third-order valence-electron chi connectivity index (χ3n) is 2.84. The maximum absolute atomic E-state index is 11.9. The molecule has 108 valence electrons. The van der Waals surface area contributed by atoms with Crippen molar-refractivity contribution in [2.75, 3.05) is 18.6 Å². The number of ether oxygens (including phenoxy) is 1. The number of carboxylic acids is 1. The number of nitrogens with one attached hydrogen (secondary N) is 1. The summed E-state index contributed by atoms with van der Waals surface area (Å²) in [4.78, 5) is 34.8. The number of aliphatic carboxylic acids is 1. The van der Waals surface area contributed by atoms with E-state index in [0.717, 1.165) is 0 Å². The fraction of sp³-hybridized carbons (Fsp3) is 0.214. The van der Waals surface area contributed by atoms with E-state index < -0.39 is 12.0 Å². The number of hydrogen-bond donors (Lipinski definition) is 2. The van der Waals surface area contributed by atoms with Gasteiger partial charge in [0.2, 0.25) is 5.91 Å². The van der Waals surface area contributed by atoms with Crippen LogP contribution in [0.25, 0.3) is 0 Å². The Hall–Kier alpha value is -3.01. The molecule has 1 heterocycles. The predicted molar refractivity (Wildman–Crippen MR) is 73.0 cm³/mol. The number of carbonyl (C=O) groups is 3. The van der Waals surface area contributed by atoms with Gasteiger partial charge < -0.3 is 9.84 Å². The molecule has 1 aliphatic heterocycles. The summed E-state index contributed by atoms with van der Waals surface area (Å²) >= 11 is 0. The molecule has 3 amide bonds. The first kappa shape index (κ1) is 14.4. The first-order valence-electron chi connectivity index (χ1n) is 6.05. The van der Waals surface area contributed by atoms with E-state index in [9.17, 15) is 14.4 Å². The molecule has 0 aromatic heterocycles. The Morgan fingerprint density at radius 3 is 2.81 bits per heavy atom. The summed E-state index contributed by atoms with van der Waals surface area (Å²) < 4.78 is 5.18. The average Bonchev–Trinajstić information content (AvgIpc) is 2.45. The summed E-state index contributed by atoms with van der Waals surface area (Å²) in [5.41, 5.74) is 0.859. The maximum Gasteiger partial charge on any atom is 0.382 e. The van der Waals surface area contributed by atoms with Crippen molar-refractivity contribution in [3.63, 3.8) is 0 Å². The van der Waals surface area contributed by atoms with E-state index in [4.69, 9.17) is 9.84 Å². The van der Waals surface area contributed by atoms with Crippen LogP contribution in [0.3, 0.4) is 0 Å². The lowest BCUT2D eigenvalue weighted by atomic mass is 10.1. The first-order chi connectivity index (χ1) is 10.0. The molecule has 7 nitrogen and oxygen atoms in total.